The van der Waals surface area contributed by atoms with E-state index in [0.717, 1.165) is 18.4 Å². The maximum absolute atomic E-state index is 11.7. The van der Waals surface area contributed by atoms with E-state index in [1.807, 2.05) is 45.0 Å². The highest BCUT2D eigenvalue weighted by molar-refractivity contribution is 7.89. The van der Waals surface area contributed by atoms with E-state index in [0.29, 0.717) is 6.42 Å². The van der Waals surface area contributed by atoms with Crippen LogP contribution in [0.1, 0.15) is 37.8 Å². The van der Waals surface area contributed by atoms with E-state index in [4.69, 9.17) is 0 Å². The molecule has 0 radical (unpaired) electrons. The van der Waals surface area contributed by atoms with Crippen LogP contribution in [0.2, 0.25) is 0 Å². The van der Waals surface area contributed by atoms with Gasteiger partial charge in [-0.3, -0.25) is 0 Å². The summed E-state index contributed by atoms with van der Waals surface area (Å²) in [6.45, 7) is 5.94. The summed E-state index contributed by atoms with van der Waals surface area (Å²) in [6.07, 6.45) is 2.34. The summed E-state index contributed by atoms with van der Waals surface area (Å²) in [5.74, 6) is 0.224. The smallest absolute Gasteiger partial charge is 0.211 e. The fraction of sp³-hybridized carbons (Fsp3) is 0.571. The quantitative estimate of drug-likeness (QED) is 0.827. The van der Waals surface area contributed by atoms with Gasteiger partial charge in [-0.2, -0.15) is 0 Å². The highest BCUT2D eigenvalue weighted by atomic mass is 32.2. The Bertz CT molecular complexity index is 451. The molecule has 1 atom stereocenters. The Morgan fingerprint density at radius 2 is 1.83 bits per heavy atom. The van der Waals surface area contributed by atoms with E-state index in [1.54, 1.807) is 0 Å². The molecule has 0 heterocycles. The third-order valence-corrected chi connectivity index (χ3v) is 4.40. The van der Waals surface area contributed by atoms with Gasteiger partial charge in [-0.1, -0.05) is 43.2 Å². The van der Waals surface area contributed by atoms with Gasteiger partial charge in [-0.25, -0.2) is 13.1 Å². The second-order valence-corrected chi connectivity index (χ2v) is 6.75. The van der Waals surface area contributed by atoms with Crippen molar-refractivity contribution in [3.05, 3.63) is 35.4 Å². The van der Waals surface area contributed by atoms with Crippen LogP contribution in [0.25, 0.3) is 0 Å². The Kier molecular flexibility index (Phi) is 5.82. The number of sulfonamides is 1. The molecule has 0 saturated heterocycles. The molecule has 102 valence electrons. The molecule has 0 aliphatic heterocycles. The van der Waals surface area contributed by atoms with Crippen LogP contribution in [0.3, 0.4) is 0 Å². The first-order valence-corrected chi connectivity index (χ1v) is 8.13. The molecule has 1 N–H and O–H groups in total. The molecule has 18 heavy (non-hydrogen) atoms. The van der Waals surface area contributed by atoms with E-state index >= 15 is 0 Å². The molecule has 0 aliphatic carbocycles. The third kappa shape index (κ3) is 5.65. The maximum Gasteiger partial charge on any atom is 0.211 e. The molecule has 1 rings (SSSR count). The number of hydrogen-bond acceptors (Lipinski definition) is 2. The lowest BCUT2D eigenvalue weighted by atomic mass is 10.1. The minimum Gasteiger partial charge on any atom is -0.212 e. The Morgan fingerprint density at radius 1 is 1.22 bits per heavy atom. The van der Waals surface area contributed by atoms with Crippen molar-refractivity contribution in [1.29, 1.82) is 0 Å². The molecule has 0 spiro atoms. The second-order valence-electron chi connectivity index (χ2n) is 4.88. The van der Waals surface area contributed by atoms with Crippen molar-refractivity contribution in [3.63, 3.8) is 0 Å². The molecular weight excluding hydrogens is 246 g/mol. The number of nitrogens with one attached hydrogen (secondary N) is 1. The molecular formula is C14H23NO2S. The molecule has 0 bridgehead atoms. The van der Waals surface area contributed by atoms with Crippen LogP contribution in [-0.2, 0) is 16.4 Å². The van der Waals surface area contributed by atoms with Crippen molar-refractivity contribution in [1.82, 2.24) is 4.72 Å². The van der Waals surface area contributed by atoms with Crippen molar-refractivity contribution < 1.29 is 8.42 Å². The van der Waals surface area contributed by atoms with Crippen LogP contribution in [0.4, 0.5) is 0 Å². The average molecular weight is 269 g/mol. The molecule has 1 aromatic rings. The van der Waals surface area contributed by atoms with Gasteiger partial charge >= 0.3 is 0 Å². The normalized spacial score (nSPS) is 13.5. The molecule has 0 saturated carbocycles. The van der Waals surface area contributed by atoms with E-state index in [2.05, 4.69) is 4.72 Å². The van der Waals surface area contributed by atoms with Gasteiger partial charge in [0.2, 0.25) is 10.0 Å². The number of benzene rings is 1. The lowest BCUT2D eigenvalue weighted by Crippen LogP contribution is -2.35. The third-order valence-electron chi connectivity index (χ3n) is 2.81. The first kappa shape index (κ1) is 15.2. The lowest BCUT2D eigenvalue weighted by Gasteiger charge is -2.14. The standard InChI is InChI=1S/C14H23NO2S/c1-4-5-10-18(16,17)15-13(3)11-14-8-6-12(2)7-9-14/h6-9,13,15H,4-5,10-11H2,1-3H3. The van der Waals surface area contributed by atoms with Crippen LogP contribution in [-0.4, -0.2) is 20.2 Å². The van der Waals surface area contributed by atoms with Gasteiger partial charge < -0.3 is 0 Å². The van der Waals surface area contributed by atoms with Gasteiger partial charge in [0.15, 0.2) is 0 Å². The van der Waals surface area contributed by atoms with Crippen LogP contribution in [0.15, 0.2) is 24.3 Å². The summed E-state index contributed by atoms with van der Waals surface area (Å²) < 4.78 is 26.2. The fourth-order valence-corrected chi connectivity index (χ4v) is 3.30. The zero-order chi connectivity index (χ0) is 13.6. The Morgan fingerprint density at radius 3 is 2.39 bits per heavy atom. The Labute approximate surface area is 111 Å². The molecule has 3 nitrogen and oxygen atoms in total. The average Bonchev–Trinajstić information content (AvgIpc) is 2.29. The molecule has 4 heteroatoms. The first-order chi connectivity index (χ1) is 8.43. The van der Waals surface area contributed by atoms with E-state index < -0.39 is 10.0 Å². The number of hydrogen-bond donors (Lipinski definition) is 1. The second kappa shape index (κ2) is 6.90. The summed E-state index contributed by atoms with van der Waals surface area (Å²) in [7, 11) is -3.12. The maximum atomic E-state index is 11.7. The van der Waals surface area contributed by atoms with Gasteiger partial charge in [0.1, 0.15) is 0 Å². The number of aryl methyl sites for hydroxylation is 1. The van der Waals surface area contributed by atoms with Crippen LogP contribution >= 0.6 is 0 Å². The molecule has 0 aliphatic rings. The van der Waals surface area contributed by atoms with Gasteiger partial charge in [0.05, 0.1) is 5.75 Å². The minimum atomic E-state index is -3.12. The van der Waals surface area contributed by atoms with Crippen LogP contribution in [0.5, 0.6) is 0 Å². The topological polar surface area (TPSA) is 46.2 Å². The van der Waals surface area contributed by atoms with E-state index in [-0.39, 0.29) is 11.8 Å². The van der Waals surface area contributed by atoms with Crippen LogP contribution in [0, 0.1) is 6.92 Å². The van der Waals surface area contributed by atoms with Crippen molar-refractivity contribution in [2.45, 2.75) is 46.1 Å². The predicted octanol–water partition coefficient (Wildman–Crippen LogP) is 2.65. The molecule has 1 unspecified atom stereocenters. The van der Waals surface area contributed by atoms with Gasteiger partial charge in [-0.05, 0) is 32.3 Å². The van der Waals surface area contributed by atoms with Gasteiger partial charge in [0, 0.05) is 6.04 Å². The summed E-state index contributed by atoms with van der Waals surface area (Å²) in [5, 5.41) is 0. The Hall–Kier alpha value is -0.870. The molecule has 0 aromatic heterocycles. The summed E-state index contributed by atoms with van der Waals surface area (Å²) in [6, 6.07) is 8.13. The van der Waals surface area contributed by atoms with Crippen molar-refractivity contribution in [2.24, 2.45) is 0 Å². The van der Waals surface area contributed by atoms with Gasteiger partial charge in [0.25, 0.3) is 0 Å². The molecule has 1 aromatic carbocycles. The summed E-state index contributed by atoms with van der Waals surface area (Å²) in [5.41, 5.74) is 2.38. The lowest BCUT2D eigenvalue weighted by molar-refractivity contribution is 0.557. The number of rotatable bonds is 7. The van der Waals surface area contributed by atoms with E-state index in [9.17, 15) is 8.42 Å². The van der Waals surface area contributed by atoms with Crippen molar-refractivity contribution >= 4 is 10.0 Å². The zero-order valence-corrected chi connectivity index (χ0v) is 12.3. The van der Waals surface area contributed by atoms with Crippen molar-refractivity contribution in [2.75, 3.05) is 5.75 Å². The summed E-state index contributed by atoms with van der Waals surface area (Å²) in [4.78, 5) is 0. The van der Waals surface area contributed by atoms with E-state index in [1.165, 1.54) is 5.56 Å². The Balaban J connectivity index is 2.51. The molecule has 0 amide bonds. The minimum absolute atomic E-state index is 0.0606. The van der Waals surface area contributed by atoms with Crippen molar-refractivity contribution in [3.8, 4) is 0 Å². The first-order valence-electron chi connectivity index (χ1n) is 6.48. The monoisotopic (exact) mass is 269 g/mol. The fourth-order valence-electron chi connectivity index (χ4n) is 1.82. The highest BCUT2D eigenvalue weighted by Crippen LogP contribution is 2.07. The van der Waals surface area contributed by atoms with Crippen LogP contribution < -0.4 is 4.72 Å². The molecule has 0 fully saturated rings. The predicted molar refractivity (Wildman–Crippen MR) is 76.2 cm³/mol. The zero-order valence-electron chi connectivity index (χ0n) is 11.4. The largest absolute Gasteiger partial charge is 0.212 e. The van der Waals surface area contributed by atoms with Gasteiger partial charge in [-0.15, -0.1) is 0 Å². The SMILES string of the molecule is CCCCS(=O)(=O)NC(C)Cc1ccc(C)cc1. The number of unbranched alkanes of at least 4 members (excludes halogenated alkanes) is 1. The highest BCUT2D eigenvalue weighted by Gasteiger charge is 2.13. The summed E-state index contributed by atoms with van der Waals surface area (Å²) >= 11 is 0.